The first kappa shape index (κ1) is 12.9. The molecule has 1 aliphatic rings. The topological polar surface area (TPSA) is 73.4 Å². The smallest absolute Gasteiger partial charge is 0.247 e. The Labute approximate surface area is 117 Å². The molecule has 2 aromatic rings. The zero-order valence-corrected chi connectivity index (χ0v) is 11.5. The molecule has 2 N–H and O–H groups in total. The van der Waals surface area contributed by atoms with Crippen LogP contribution in [0.4, 0.5) is 5.69 Å². The van der Waals surface area contributed by atoms with Crippen LogP contribution in [0.2, 0.25) is 0 Å². The van der Waals surface area contributed by atoms with Crippen LogP contribution >= 0.6 is 0 Å². The van der Waals surface area contributed by atoms with E-state index in [0.717, 1.165) is 10.9 Å². The molecule has 3 rings (SSSR count). The number of hydrogen-bond acceptors (Lipinski definition) is 4. The molecule has 1 aromatic heterocycles. The number of nitrogens with two attached hydrogens (primary N) is 1. The number of fused-ring (bicyclic) bond motifs is 1. The summed E-state index contributed by atoms with van der Waals surface area (Å²) in [6, 6.07) is 5.27. The van der Waals surface area contributed by atoms with E-state index in [1.54, 1.807) is 10.9 Å². The molecule has 0 saturated carbocycles. The fourth-order valence-corrected chi connectivity index (χ4v) is 2.52. The molecule has 1 unspecified atom stereocenters. The van der Waals surface area contributed by atoms with Gasteiger partial charge in [-0.25, -0.2) is 0 Å². The van der Waals surface area contributed by atoms with Crippen molar-refractivity contribution in [2.75, 3.05) is 32.0 Å². The Balaban J connectivity index is 1.89. The zero-order valence-electron chi connectivity index (χ0n) is 11.5. The quantitative estimate of drug-likeness (QED) is 0.830. The van der Waals surface area contributed by atoms with E-state index in [4.69, 9.17) is 10.5 Å². The maximum absolute atomic E-state index is 12.5. The minimum Gasteiger partial charge on any atom is -0.399 e. The lowest BCUT2D eigenvalue weighted by atomic mass is 10.2. The molecule has 1 amide bonds. The van der Waals surface area contributed by atoms with E-state index in [-0.39, 0.29) is 11.9 Å². The predicted molar refractivity (Wildman–Crippen MR) is 76.3 cm³/mol. The lowest BCUT2D eigenvalue weighted by Gasteiger charge is -2.29. The van der Waals surface area contributed by atoms with E-state index in [0.29, 0.717) is 32.0 Å². The molecule has 20 heavy (non-hydrogen) atoms. The number of anilines is 1. The Morgan fingerprint density at radius 3 is 2.90 bits per heavy atom. The molecular formula is C14H18N4O2. The Morgan fingerprint density at radius 1 is 1.40 bits per heavy atom. The number of hydrogen-bond donors (Lipinski definition) is 1. The van der Waals surface area contributed by atoms with Crippen molar-refractivity contribution in [1.29, 1.82) is 0 Å². The SMILES string of the molecule is CC(C(=O)N1CCOCC1)n1ncc2ccc(N)cc21. The first-order valence-electron chi connectivity index (χ1n) is 6.76. The molecule has 1 aromatic carbocycles. The molecule has 6 nitrogen and oxygen atoms in total. The van der Waals surface area contributed by atoms with Crippen molar-refractivity contribution in [2.45, 2.75) is 13.0 Å². The van der Waals surface area contributed by atoms with Crippen molar-refractivity contribution >= 4 is 22.5 Å². The number of amides is 1. The fraction of sp³-hybridized carbons (Fsp3) is 0.429. The van der Waals surface area contributed by atoms with Crippen molar-refractivity contribution in [3.63, 3.8) is 0 Å². The van der Waals surface area contributed by atoms with E-state index >= 15 is 0 Å². The normalized spacial score (nSPS) is 17.4. The summed E-state index contributed by atoms with van der Waals surface area (Å²) < 4.78 is 7.01. The maximum Gasteiger partial charge on any atom is 0.247 e. The van der Waals surface area contributed by atoms with Crippen LogP contribution in [0, 0.1) is 0 Å². The van der Waals surface area contributed by atoms with Crippen molar-refractivity contribution in [1.82, 2.24) is 14.7 Å². The largest absolute Gasteiger partial charge is 0.399 e. The van der Waals surface area contributed by atoms with Crippen LogP contribution in [0.3, 0.4) is 0 Å². The first-order chi connectivity index (χ1) is 9.66. The Kier molecular flexibility index (Phi) is 3.31. The number of aromatic nitrogens is 2. The van der Waals surface area contributed by atoms with Gasteiger partial charge in [0.15, 0.2) is 0 Å². The number of carbonyl (C=O) groups excluding carboxylic acids is 1. The molecule has 106 valence electrons. The van der Waals surface area contributed by atoms with Crippen LogP contribution in [0.1, 0.15) is 13.0 Å². The van der Waals surface area contributed by atoms with Crippen molar-refractivity contribution < 1.29 is 9.53 Å². The third-order valence-electron chi connectivity index (χ3n) is 3.67. The Morgan fingerprint density at radius 2 is 2.15 bits per heavy atom. The highest BCUT2D eigenvalue weighted by Crippen LogP contribution is 2.21. The third kappa shape index (κ3) is 2.22. The second kappa shape index (κ2) is 5.13. The van der Waals surface area contributed by atoms with Gasteiger partial charge in [0.05, 0.1) is 24.9 Å². The van der Waals surface area contributed by atoms with Gasteiger partial charge in [-0.2, -0.15) is 5.10 Å². The summed E-state index contributed by atoms with van der Waals surface area (Å²) in [4.78, 5) is 14.3. The van der Waals surface area contributed by atoms with Gasteiger partial charge < -0.3 is 15.4 Å². The molecule has 0 radical (unpaired) electrons. The van der Waals surface area contributed by atoms with E-state index < -0.39 is 0 Å². The van der Waals surface area contributed by atoms with E-state index in [1.807, 2.05) is 30.0 Å². The van der Waals surface area contributed by atoms with E-state index in [9.17, 15) is 4.79 Å². The molecule has 0 aliphatic carbocycles. The number of rotatable bonds is 2. The number of ether oxygens (including phenoxy) is 1. The summed E-state index contributed by atoms with van der Waals surface area (Å²) in [5.74, 6) is 0.0701. The Bertz CT molecular complexity index is 631. The van der Waals surface area contributed by atoms with Crippen LogP contribution in [0.5, 0.6) is 0 Å². The lowest BCUT2D eigenvalue weighted by Crippen LogP contribution is -2.43. The number of nitrogen functional groups attached to an aromatic ring is 1. The maximum atomic E-state index is 12.5. The molecule has 1 atom stereocenters. The fourth-order valence-electron chi connectivity index (χ4n) is 2.52. The highest BCUT2D eigenvalue weighted by Gasteiger charge is 2.25. The van der Waals surface area contributed by atoms with Crippen LogP contribution in [0.25, 0.3) is 10.9 Å². The summed E-state index contributed by atoms with van der Waals surface area (Å²) in [7, 11) is 0. The van der Waals surface area contributed by atoms with Gasteiger partial charge in [-0.1, -0.05) is 0 Å². The molecule has 0 spiro atoms. The van der Waals surface area contributed by atoms with E-state index in [1.165, 1.54) is 0 Å². The number of benzene rings is 1. The van der Waals surface area contributed by atoms with Crippen LogP contribution < -0.4 is 5.73 Å². The molecule has 1 aliphatic heterocycles. The third-order valence-corrected chi connectivity index (χ3v) is 3.67. The first-order valence-corrected chi connectivity index (χ1v) is 6.76. The van der Waals surface area contributed by atoms with Crippen LogP contribution in [-0.2, 0) is 9.53 Å². The summed E-state index contributed by atoms with van der Waals surface area (Å²) in [6.45, 7) is 4.36. The van der Waals surface area contributed by atoms with Crippen LogP contribution in [0.15, 0.2) is 24.4 Å². The van der Waals surface area contributed by atoms with Gasteiger partial charge in [-0.05, 0) is 25.1 Å². The van der Waals surface area contributed by atoms with Gasteiger partial charge in [-0.15, -0.1) is 0 Å². The minimum absolute atomic E-state index is 0.0701. The molecular weight excluding hydrogens is 256 g/mol. The summed E-state index contributed by atoms with van der Waals surface area (Å²) in [6.07, 6.45) is 1.76. The van der Waals surface area contributed by atoms with Crippen molar-refractivity contribution in [2.24, 2.45) is 0 Å². The zero-order chi connectivity index (χ0) is 14.1. The average molecular weight is 274 g/mol. The lowest BCUT2D eigenvalue weighted by molar-refractivity contribution is -0.138. The average Bonchev–Trinajstić information content (AvgIpc) is 2.89. The van der Waals surface area contributed by atoms with E-state index in [2.05, 4.69) is 5.10 Å². The standard InChI is InChI=1S/C14H18N4O2/c1-10(14(19)17-4-6-20-7-5-17)18-13-8-12(15)3-2-11(13)9-16-18/h2-3,8-10H,4-7,15H2,1H3. The Hall–Kier alpha value is -2.08. The second-order valence-electron chi connectivity index (χ2n) is 5.02. The molecule has 1 saturated heterocycles. The molecule has 6 heteroatoms. The second-order valence-corrected chi connectivity index (χ2v) is 5.02. The number of morpholine rings is 1. The summed E-state index contributed by atoms with van der Waals surface area (Å²) in [5, 5.41) is 5.32. The number of carbonyl (C=O) groups is 1. The summed E-state index contributed by atoms with van der Waals surface area (Å²) in [5.41, 5.74) is 7.38. The van der Waals surface area contributed by atoms with Crippen molar-refractivity contribution in [3.8, 4) is 0 Å². The van der Waals surface area contributed by atoms with Crippen LogP contribution in [-0.4, -0.2) is 46.9 Å². The number of nitrogens with zero attached hydrogens (tertiary/aromatic N) is 3. The molecule has 0 bridgehead atoms. The predicted octanol–water partition coefficient (Wildman–Crippen LogP) is 1.04. The highest BCUT2D eigenvalue weighted by molar-refractivity contribution is 5.86. The van der Waals surface area contributed by atoms with Gasteiger partial charge in [0.1, 0.15) is 6.04 Å². The highest BCUT2D eigenvalue weighted by atomic mass is 16.5. The summed E-state index contributed by atoms with van der Waals surface area (Å²) >= 11 is 0. The van der Waals surface area contributed by atoms with Gasteiger partial charge >= 0.3 is 0 Å². The van der Waals surface area contributed by atoms with Gasteiger partial charge in [0, 0.05) is 24.2 Å². The molecule has 2 heterocycles. The van der Waals surface area contributed by atoms with Gasteiger partial charge in [0.2, 0.25) is 5.91 Å². The minimum atomic E-state index is -0.340. The van der Waals surface area contributed by atoms with Crippen molar-refractivity contribution in [3.05, 3.63) is 24.4 Å². The van der Waals surface area contributed by atoms with Gasteiger partial charge in [-0.3, -0.25) is 9.48 Å². The van der Waals surface area contributed by atoms with Gasteiger partial charge in [0.25, 0.3) is 0 Å². The molecule has 1 fully saturated rings. The monoisotopic (exact) mass is 274 g/mol.